The Kier molecular flexibility index (Phi) is 3.62. The summed E-state index contributed by atoms with van der Waals surface area (Å²) in [7, 11) is 0. The van der Waals surface area contributed by atoms with Crippen LogP contribution in [0.5, 0.6) is 11.5 Å². The van der Waals surface area contributed by atoms with Gasteiger partial charge in [-0.15, -0.1) is 11.3 Å². The van der Waals surface area contributed by atoms with E-state index in [0.717, 1.165) is 33.1 Å². The molecule has 3 nitrogen and oxygen atoms in total. The van der Waals surface area contributed by atoms with Crippen molar-refractivity contribution in [3.05, 3.63) is 53.4 Å². The van der Waals surface area contributed by atoms with E-state index < -0.39 is 0 Å². The van der Waals surface area contributed by atoms with E-state index in [0.29, 0.717) is 0 Å². The third kappa shape index (κ3) is 2.50. The molecule has 0 aliphatic rings. The van der Waals surface area contributed by atoms with Gasteiger partial charge in [-0.25, -0.2) is 4.98 Å². The van der Waals surface area contributed by atoms with E-state index in [1.807, 2.05) is 24.3 Å². The lowest BCUT2D eigenvalue weighted by atomic mass is 10.1. The molecule has 0 unspecified atom stereocenters. The normalized spacial score (nSPS) is 10.7. The second kappa shape index (κ2) is 5.58. The van der Waals surface area contributed by atoms with Gasteiger partial charge in [0.2, 0.25) is 0 Å². The zero-order valence-corrected chi connectivity index (χ0v) is 12.4. The van der Waals surface area contributed by atoms with Gasteiger partial charge in [-0.1, -0.05) is 31.2 Å². The van der Waals surface area contributed by atoms with E-state index >= 15 is 0 Å². The molecule has 0 radical (unpaired) electrons. The smallest absolute Gasteiger partial charge is 0.128 e. The predicted molar refractivity (Wildman–Crippen MR) is 85.7 cm³/mol. The average molecular weight is 297 g/mol. The summed E-state index contributed by atoms with van der Waals surface area (Å²) < 4.78 is 0. The van der Waals surface area contributed by atoms with E-state index in [-0.39, 0.29) is 11.5 Å². The van der Waals surface area contributed by atoms with Crippen molar-refractivity contribution in [1.82, 2.24) is 4.98 Å². The second-order valence-corrected chi connectivity index (χ2v) is 5.76. The Hall–Kier alpha value is -2.33. The summed E-state index contributed by atoms with van der Waals surface area (Å²) in [6.45, 7) is 2.06. The number of phenols is 2. The molecule has 0 fully saturated rings. The molecule has 0 bridgehead atoms. The van der Waals surface area contributed by atoms with Crippen LogP contribution in [-0.2, 0) is 6.42 Å². The molecule has 3 rings (SSSR count). The minimum Gasteiger partial charge on any atom is -0.507 e. The molecule has 0 saturated heterocycles. The number of aromatic nitrogens is 1. The molecule has 0 aliphatic carbocycles. The highest BCUT2D eigenvalue weighted by molar-refractivity contribution is 7.15. The molecule has 2 aromatic carbocycles. The van der Waals surface area contributed by atoms with E-state index in [9.17, 15) is 10.2 Å². The zero-order valence-electron chi connectivity index (χ0n) is 11.6. The summed E-state index contributed by atoms with van der Waals surface area (Å²) in [5.41, 5.74) is 2.24. The Labute approximate surface area is 127 Å². The van der Waals surface area contributed by atoms with Gasteiger partial charge in [-0.2, -0.15) is 0 Å². The van der Waals surface area contributed by atoms with Gasteiger partial charge in [0.15, 0.2) is 0 Å². The van der Waals surface area contributed by atoms with Crippen molar-refractivity contribution in [2.45, 2.75) is 13.3 Å². The monoisotopic (exact) mass is 297 g/mol. The standard InChI is InChI=1S/C17H15NO2S/c1-2-15-16(11-7-3-5-9-13(11)19)18-17(21-15)12-8-4-6-10-14(12)20/h3-10,19-20H,2H2,1H3. The van der Waals surface area contributed by atoms with Crippen LogP contribution in [0.1, 0.15) is 11.8 Å². The van der Waals surface area contributed by atoms with Gasteiger partial charge in [0.05, 0.1) is 11.3 Å². The van der Waals surface area contributed by atoms with Crippen LogP contribution in [0.2, 0.25) is 0 Å². The van der Waals surface area contributed by atoms with Gasteiger partial charge in [0, 0.05) is 10.4 Å². The van der Waals surface area contributed by atoms with Crippen LogP contribution in [0.3, 0.4) is 0 Å². The maximum Gasteiger partial charge on any atom is 0.128 e. The summed E-state index contributed by atoms with van der Waals surface area (Å²) in [5, 5.41) is 20.8. The van der Waals surface area contributed by atoms with Crippen LogP contribution in [-0.4, -0.2) is 15.2 Å². The number of para-hydroxylation sites is 2. The molecular weight excluding hydrogens is 282 g/mol. The Morgan fingerprint density at radius 3 is 2.05 bits per heavy atom. The number of rotatable bonds is 3. The summed E-state index contributed by atoms with van der Waals surface area (Å²) in [4.78, 5) is 5.73. The van der Waals surface area contributed by atoms with Crippen LogP contribution >= 0.6 is 11.3 Å². The van der Waals surface area contributed by atoms with E-state index in [2.05, 4.69) is 11.9 Å². The fraction of sp³-hybridized carbons (Fsp3) is 0.118. The minimum absolute atomic E-state index is 0.220. The first kappa shape index (κ1) is 13.6. The molecule has 21 heavy (non-hydrogen) atoms. The Balaban J connectivity index is 2.16. The van der Waals surface area contributed by atoms with Crippen molar-refractivity contribution < 1.29 is 10.2 Å². The van der Waals surface area contributed by atoms with Gasteiger partial charge < -0.3 is 10.2 Å². The maximum atomic E-state index is 10.0. The minimum atomic E-state index is 0.220. The first-order valence-corrected chi connectivity index (χ1v) is 7.58. The summed E-state index contributed by atoms with van der Waals surface area (Å²) in [5.74, 6) is 0.444. The lowest BCUT2D eigenvalue weighted by Gasteiger charge is -2.02. The molecule has 2 N–H and O–H groups in total. The molecule has 0 saturated carbocycles. The number of aryl methyl sites for hydroxylation is 1. The molecule has 3 aromatic rings. The van der Waals surface area contributed by atoms with E-state index in [1.165, 1.54) is 0 Å². The quantitative estimate of drug-likeness (QED) is 0.751. The Morgan fingerprint density at radius 1 is 0.905 bits per heavy atom. The first-order chi connectivity index (χ1) is 10.2. The number of thiazole rings is 1. The van der Waals surface area contributed by atoms with Crippen LogP contribution in [0.15, 0.2) is 48.5 Å². The summed E-state index contributed by atoms with van der Waals surface area (Å²) in [6, 6.07) is 14.4. The summed E-state index contributed by atoms with van der Waals surface area (Å²) >= 11 is 1.55. The van der Waals surface area contributed by atoms with Crippen molar-refractivity contribution in [2.24, 2.45) is 0 Å². The number of hydrogen-bond donors (Lipinski definition) is 2. The number of aromatic hydroxyl groups is 2. The molecule has 1 heterocycles. The zero-order chi connectivity index (χ0) is 14.8. The topological polar surface area (TPSA) is 53.4 Å². The average Bonchev–Trinajstić information content (AvgIpc) is 2.92. The van der Waals surface area contributed by atoms with Crippen molar-refractivity contribution >= 4 is 11.3 Å². The molecule has 0 spiro atoms. The van der Waals surface area contributed by atoms with Crippen molar-refractivity contribution in [1.29, 1.82) is 0 Å². The van der Waals surface area contributed by atoms with Gasteiger partial charge in [-0.05, 0) is 30.7 Å². The largest absolute Gasteiger partial charge is 0.507 e. The van der Waals surface area contributed by atoms with Gasteiger partial charge in [-0.3, -0.25) is 0 Å². The van der Waals surface area contributed by atoms with Gasteiger partial charge >= 0.3 is 0 Å². The van der Waals surface area contributed by atoms with E-state index in [1.54, 1.807) is 35.6 Å². The highest BCUT2D eigenvalue weighted by atomic mass is 32.1. The van der Waals surface area contributed by atoms with Crippen molar-refractivity contribution in [3.63, 3.8) is 0 Å². The summed E-state index contributed by atoms with van der Waals surface area (Å²) in [6.07, 6.45) is 0.828. The lowest BCUT2D eigenvalue weighted by Crippen LogP contribution is -1.84. The number of nitrogens with zero attached hydrogens (tertiary/aromatic N) is 1. The van der Waals surface area contributed by atoms with Crippen molar-refractivity contribution in [2.75, 3.05) is 0 Å². The van der Waals surface area contributed by atoms with Gasteiger partial charge in [0.1, 0.15) is 16.5 Å². The number of benzene rings is 2. The Bertz CT molecular complexity index is 780. The SMILES string of the molecule is CCc1sc(-c2ccccc2O)nc1-c1ccccc1O. The highest BCUT2D eigenvalue weighted by Crippen LogP contribution is 2.39. The molecule has 106 valence electrons. The Morgan fingerprint density at radius 2 is 1.48 bits per heavy atom. The molecular formula is C17H15NO2S. The predicted octanol–water partition coefficient (Wildman–Crippen LogP) is 4.45. The van der Waals surface area contributed by atoms with Crippen LogP contribution in [0.25, 0.3) is 21.8 Å². The maximum absolute atomic E-state index is 10.0. The number of hydrogen-bond acceptors (Lipinski definition) is 4. The third-order valence-corrected chi connectivity index (χ3v) is 4.55. The van der Waals surface area contributed by atoms with Crippen molar-refractivity contribution in [3.8, 4) is 33.3 Å². The fourth-order valence-electron chi connectivity index (χ4n) is 2.25. The van der Waals surface area contributed by atoms with Crippen LogP contribution < -0.4 is 0 Å². The molecule has 1 aromatic heterocycles. The van der Waals surface area contributed by atoms with Crippen LogP contribution in [0, 0.1) is 0 Å². The first-order valence-electron chi connectivity index (χ1n) is 6.77. The molecule has 0 aliphatic heterocycles. The lowest BCUT2D eigenvalue weighted by molar-refractivity contribution is 0.477. The fourth-order valence-corrected chi connectivity index (χ4v) is 3.29. The highest BCUT2D eigenvalue weighted by Gasteiger charge is 2.16. The van der Waals surface area contributed by atoms with Crippen LogP contribution in [0.4, 0.5) is 0 Å². The molecule has 0 atom stereocenters. The van der Waals surface area contributed by atoms with E-state index in [4.69, 9.17) is 0 Å². The molecule has 4 heteroatoms. The van der Waals surface area contributed by atoms with Gasteiger partial charge in [0.25, 0.3) is 0 Å². The number of phenolic OH excluding ortho intramolecular Hbond substituents is 2. The molecule has 0 amide bonds. The third-order valence-electron chi connectivity index (χ3n) is 3.31. The second-order valence-electron chi connectivity index (χ2n) is 4.68.